The van der Waals surface area contributed by atoms with Gasteiger partial charge in [-0.25, -0.2) is 4.99 Å². The summed E-state index contributed by atoms with van der Waals surface area (Å²) in [5.41, 5.74) is 10.2. The molecule has 0 bridgehead atoms. The van der Waals surface area contributed by atoms with Crippen LogP contribution in [-0.4, -0.2) is 27.4 Å². The smallest absolute Gasteiger partial charge is 0.300 e. The van der Waals surface area contributed by atoms with Gasteiger partial charge in [0.25, 0.3) is 11.4 Å². The second-order valence-corrected chi connectivity index (χ2v) is 6.48. The molecule has 1 aliphatic carbocycles. The first-order chi connectivity index (χ1) is 12.2. The molecule has 0 unspecified atom stereocenters. The maximum atomic E-state index is 11.6. The summed E-state index contributed by atoms with van der Waals surface area (Å²) in [4.78, 5) is 31.7. The lowest BCUT2D eigenvalue weighted by molar-refractivity contribution is -0.392. The molecular weight excluding hydrogens is 342 g/mol. The SMILES string of the molecule is Cc1cc([N+](=O)[O-])c(N2C(N)=NC(N)=NC23CCCCC3)c([N+](=O)[O-])c1. The van der Waals surface area contributed by atoms with Crippen LogP contribution in [0.5, 0.6) is 0 Å². The standard InChI is InChI=1S/C15H19N7O4/c1-9-7-10(21(23)24)12(11(8-9)22(25)26)20-14(17)18-13(16)19-15(20)5-3-2-4-6-15/h7-8H,2-6H2,1H3,(H4,16,17,18,19). The van der Waals surface area contributed by atoms with Crippen molar-refractivity contribution in [3.05, 3.63) is 37.9 Å². The molecule has 0 saturated heterocycles. The molecule has 1 aromatic rings. The molecule has 1 aliphatic heterocycles. The van der Waals surface area contributed by atoms with Gasteiger partial charge in [-0.3, -0.25) is 25.1 Å². The number of rotatable bonds is 3. The van der Waals surface area contributed by atoms with Crippen molar-refractivity contribution in [3.63, 3.8) is 0 Å². The highest BCUT2D eigenvalue weighted by molar-refractivity contribution is 6.08. The Morgan fingerprint density at radius 2 is 1.62 bits per heavy atom. The Balaban J connectivity index is 2.31. The molecule has 1 aromatic carbocycles. The average Bonchev–Trinajstić information content (AvgIpc) is 2.55. The Kier molecular flexibility index (Phi) is 4.22. The number of nitrogens with two attached hydrogens (primary N) is 2. The van der Waals surface area contributed by atoms with Crippen LogP contribution in [0.2, 0.25) is 0 Å². The Bertz CT molecular complexity index is 807. The molecule has 3 rings (SSSR count). The summed E-state index contributed by atoms with van der Waals surface area (Å²) in [6.07, 6.45) is 3.61. The minimum atomic E-state index is -1.00. The third-order valence-electron chi connectivity index (χ3n) is 4.68. The molecule has 0 radical (unpaired) electrons. The highest BCUT2D eigenvalue weighted by Crippen LogP contribution is 2.46. The summed E-state index contributed by atoms with van der Waals surface area (Å²) in [5, 5.41) is 23.3. The van der Waals surface area contributed by atoms with Crippen LogP contribution >= 0.6 is 0 Å². The monoisotopic (exact) mass is 361 g/mol. The lowest BCUT2D eigenvalue weighted by atomic mass is 9.87. The zero-order chi connectivity index (χ0) is 19.1. The fourth-order valence-corrected chi connectivity index (χ4v) is 3.69. The van der Waals surface area contributed by atoms with Crippen molar-refractivity contribution >= 4 is 29.0 Å². The van der Waals surface area contributed by atoms with Crippen molar-refractivity contribution in [1.82, 2.24) is 0 Å². The minimum absolute atomic E-state index is 0.0296. The molecule has 1 spiro atoms. The second-order valence-electron chi connectivity index (χ2n) is 6.48. The summed E-state index contributed by atoms with van der Waals surface area (Å²) in [7, 11) is 0. The summed E-state index contributed by atoms with van der Waals surface area (Å²) in [5.74, 6) is -0.160. The summed E-state index contributed by atoms with van der Waals surface area (Å²) in [6, 6.07) is 2.57. The van der Waals surface area contributed by atoms with Crippen LogP contribution < -0.4 is 16.4 Å². The van der Waals surface area contributed by atoms with Gasteiger partial charge in [0.2, 0.25) is 17.6 Å². The number of aryl methyl sites for hydroxylation is 1. The quantitative estimate of drug-likeness (QED) is 0.612. The molecule has 0 aromatic heterocycles. The van der Waals surface area contributed by atoms with E-state index < -0.39 is 26.9 Å². The van der Waals surface area contributed by atoms with Gasteiger partial charge < -0.3 is 11.5 Å². The van der Waals surface area contributed by atoms with E-state index in [1.807, 2.05) is 0 Å². The number of aliphatic imine (C=N–C) groups is 2. The Hall–Kier alpha value is -3.24. The number of hydrogen-bond acceptors (Lipinski definition) is 9. The van der Waals surface area contributed by atoms with E-state index in [0.717, 1.165) is 19.3 Å². The maximum absolute atomic E-state index is 11.6. The molecular formula is C15H19N7O4. The van der Waals surface area contributed by atoms with Gasteiger partial charge in [0.1, 0.15) is 5.66 Å². The van der Waals surface area contributed by atoms with Gasteiger partial charge in [-0.15, -0.1) is 0 Å². The fourth-order valence-electron chi connectivity index (χ4n) is 3.69. The van der Waals surface area contributed by atoms with E-state index in [4.69, 9.17) is 11.5 Å². The normalized spacial score (nSPS) is 19.0. The number of nitro benzene ring substituents is 2. The van der Waals surface area contributed by atoms with Crippen molar-refractivity contribution < 1.29 is 9.85 Å². The molecule has 0 atom stereocenters. The molecule has 4 N–H and O–H groups in total. The zero-order valence-electron chi connectivity index (χ0n) is 14.2. The number of nitrogens with zero attached hydrogens (tertiary/aromatic N) is 5. The van der Waals surface area contributed by atoms with Gasteiger partial charge >= 0.3 is 0 Å². The number of hydrogen-bond donors (Lipinski definition) is 2. The molecule has 26 heavy (non-hydrogen) atoms. The van der Waals surface area contributed by atoms with E-state index in [2.05, 4.69) is 9.98 Å². The number of anilines is 1. The van der Waals surface area contributed by atoms with Gasteiger partial charge in [-0.1, -0.05) is 6.42 Å². The van der Waals surface area contributed by atoms with E-state index in [0.29, 0.717) is 18.4 Å². The van der Waals surface area contributed by atoms with Crippen LogP contribution in [-0.2, 0) is 0 Å². The largest absolute Gasteiger partial charge is 0.369 e. The van der Waals surface area contributed by atoms with Crippen LogP contribution in [0, 0.1) is 27.2 Å². The van der Waals surface area contributed by atoms with E-state index in [-0.39, 0.29) is 17.6 Å². The van der Waals surface area contributed by atoms with Crippen molar-refractivity contribution in [2.75, 3.05) is 4.90 Å². The molecule has 1 heterocycles. The van der Waals surface area contributed by atoms with Crippen molar-refractivity contribution in [1.29, 1.82) is 0 Å². The first-order valence-corrected chi connectivity index (χ1v) is 8.18. The zero-order valence-corrected chi connectivity index (χ0v) is 14.2. The predicted molar refractivity (Wildman–Crippen MR) is 96.0 cm³/mol. The molecule has 0 amide bonds. The number of benzene rings is 1. The second kappa shape index (κ2) is 6.24. The van der Waals surface area contributed by atoms with Crippen molar-refractivity contribution in [2.24, 2.45) is 21.5 Å². The molecule has 11 nitrogen and oxygen atoms in total. The first kappa shape index (κ1) is 17.6. The summed E-state index contributed by atoms with van der Waals surface area (Å²) < 4.78 is 0. The van der Waals surface area contributed by atoms with E-state index in [1.165, 1.54) is 17.0 Å². The fraction of sp³-hybridized carbons (Fsp3) is 0.467. The number of nitro groups is 2. The molecule has 11 heteroatoms. The highest BCUT2D eigenvalue weighted by Gasteiger charge is 2.47. The maximum Gasteiger partial charge on any atom is 0.300 e. The van der Waals surface area contributed by atoms with E-state index in [1.54, 1.807) is 6.92 Å². The predicted octanol–water partition coefficient (Wildman–Crippen LogP) is 1.92. The highest BCUT2D eigenvalue weighted by atomic mass is 16.6. The third-order valence-corrected chi connectivity index (χ3v) is 4.68. The van der Waals surface area contributed by atoms with Crippen LogP contribution in [0.15, 0.2) is 22.1 Å². The van der Waals surface area contributed by atoms with Gasteiger partial charge in [0, 0.05) is 12.1 Å². The van der Waals surface area contributed by atoms with E-state index >= 15 is 0 Å². The molecule has 2 aliphatic rings. The molecule has 1 saturated carbocycles. The first-order valence-electron chi connectivity index (χ1n) is 8.18. The Morgan fingerprint density at radius 1 is 1.08 bits per heavy atom. The number of guanidine groups is 2. The van der Waals surface area contributed by atoms with Crippen molar-refractivity contribution in [3.8, 4) is 0 Å². The summed E-state index contributed by atoms with van der Waals surface area (Å²) in [6.45, 7) is 1.56. The van der Waals surface area contributed by atoms with Gasteiger partial charge in [-0.05, 0) is 38.2 Å². The Labute approximate surface area is 148 Å². The minimum Gasteiger partial charge on any atom is -0.369 e. The molecule has 1 fully saturated rings. The van der Waals surface area contributed by atoms with Gasteiger partial charge in [0.05, 0.1) is 9.85 Å². The summed E-state index contributed by atoms with van der Waals surface area (Å²) >= 11 is 0. The van der Waals surface area contributed by atoms with Gasteiger partial charge in [0.15, 0.2) is 0 Å². The lowest BCUT2D eigenvalue weighted by Gasteiger charge is -2.44. The van der Waals surface area contributed by atoms with Crippen LogP contribution in [0.3, 0.4) is 0 Å². The third kappa shape index (κ3) is 2.80. The topological polar surface area (TPSA) is 166 Å². The molecule has 138 valence electrons. The van der Waals surface area contributed by atoms with E-state index in [9.17, 15) is 20.2 Å². The average molecular weight is 361 g/mol. The van der Waals surface area contributed by atoms with Crippen molar-refractivity contribution in [2.45, 2.75) is 44.7 Å². The van der Waals surface area contributed by atoms with Crippen LogP contribution in [0.1, 0.15) is 37.7 Å². The Morgan fingerprint density at radius 3 is 2.12 bits per heavy atom. The van der Waals surface area contributed by atoms with Crippen LogP contribution in [0.25, 0.3) is 0 Å². The van der Waals surface area contributed by atoms with Gasteiger partial charge in [-0.2, -0.15) is 4.99 Å². The van der Waals surface area contributed by atoms with Crippen LogP contribution in [0.4, 0.5) is 17.1 Å². The lowest BCUT2D eigenvalue weighted by Crippen LogP contribution is -2.58.